The highest BCUT2D eigenvalue weighted by Crippen LogP contribution is 2.27. The topological polar surface area (TPSA) is 61.4 Å². The van der Waals surface area contributed by atoms with Crippen LogP contribution in [0.15, 0.2) is 24.3 Å². The first kappa shape index (κ1) is 18.7. The van der Waals surface area contributed by atoms with E-state index in [-0.39, 0.29) is 6.04 Å². The summed E-state index contributed by atoms with van der Waals surface area (Å²) in [6.07, 6.45) is 2.29. The van der Waals surface area contributed by atoms with Crippen molar-refractivity contribution >= 4 is 21.8 Å². The van der Waals surface area contributed by atoms with Gasteiger partial charge in [0.2, 0.25) is 0 Å². The van der Waals surface area contributed by atoms with E-state index in [0.29, 0.717) is 18.1 Å². The maximum Gasteiger partial charge on any atom is 0.276 e. The smallest absolute Gasteiger partial charge is 0.276 e. The Hall–Kier alpha value is -0.660. The molecular weight excluding hydrogens is 334 g/mol. The van der Waals surface area contributed by atoms with Gasteiger partial charge in [0.1, 0.15) is 0 Å². The maximum atomic E-state index is 11.9. The minimum Gasteiger partial charge on any atom is -0.295 e. The zero-order valence-corrected chi connectivity index (χ0v) is 15.3. The average Bonchev–Trinajstić information content (AvgIpc) is 2.51. The molecule has 1 unspecified atom stereocenters. The van der Waals surface area contributed by atoms with Gasteiger partial charge < -0.3 is 0 Å². The third-order valence-electron chi connectivity index (χ3n) is 4.31. The zero-order chi connectivity index (χ0) is 16.9. The van der Waals surface area contributed by atoms with Crippen molar-refractivity contribution in [1.29, 1.82) is 0 Å². The number of nitrogens with one attached hydrogen (secondary N) is 2. The second kappa shape index (κ2) is 8.44. The van der Waals surface area contributed by atoms with Gasteiger partial charge in [0, 0.05) is 24.2 Å². The van der Waals surface area contributed by atoms with Gasteiger partial charge in [-0.1, -0.05) is 37.6 Å². The van der Waals surface area contributed by atoms with Crippen molar-refractivity contribution in [2.24, 2.45) is 5.92 Å². The van der Waals surface area contributed by atoms with E-state index in [4.69, 9.17) is 11.6 Å². The summed E-state index contributed by atoms with van der Waals surface area (Å²) in [4.78, 5) is 2.36. The second-order valence-corrected chi connectivity index (χ2v) is 8.16. The molecule has 1 heterocycles. The molecule has 0 bridgehead atoms. The molecule has 2 rings (SSSR count). The van der Waals surface area contributed by atoms with E-state index in [1.165, 1.54) is 0 Å². The van der Waals surface area contributed by atoms with Crippen molar-refractivity contribution in [2.75, 3.05) is 26.2 Å². The van der Waals surface area contributed by atoms with Crippen LogP contribution >= 0.6 is 11.6 Å². The highest BCUT2D eigenvalue weighted by Gasteiger charge is 2.25. The third-order valence-corrected chi connectivity index (χ3v) is 5.78. The van der Waals surface area contributed by atoms with E-state index in [1.807, 2.05) is 24.3 Å². The normalized spacial score (nSPS) is 18.9. The molecule has 130 valence electrons. The molecule has 1 aromatic carbocycles. The van der Waals surface area contributed by atoms with Crippen LogP contribution in [0.5, 0.6) is 0 Å². The van der Waals surface area contributed by atoms with Gasteiger partial charge in [-0.3, -0.25) is 4.90 Å². The molecule has 1 fully saturated rings. The molecule has 5 nitrogen and oxygen atoms in total. The molecule has 0 saturated carbocycles. The fourth-order valence-corrected chi connectivity index (χ4v) is 3.90. The lowest BCUT2D eigenvalue weighted by atomic mass is 9.96. The van der Waals surface area contributed by atoms with E-state index >= 15 is 0 Å². The number of piperidine rings is 1. The largest absolute Gasteiger partial charge is 0.295 e. The Bertz CT molecular complexity index is 584. The Labute approximate surface area is 144 Å². The van der Waals surface area contributed by atoms with Crippen LogP contribution < -0.4 is 9.44 Å². The van der Waals surface area contributed by atoms with Crippen molar-refractivity contribution in [3.05, 3.63) is 34.9 Å². The Balaban J connectivity index is 2.12. The molecule has 1 aliphatic heterocycles. The number of hydrogen-bond donors (Lipinski definition) is 2. The summed E-state index contributed by atoms with van der Waals surface area (Å²) >= 11 is 5.98. The fourth-order valence-electron chi connectivity index (χ4n) is 2.91. The van der Waals surface area contributed by atoms with Crippen LogP contribution in [0.25, 0.3) is 0 Å². The van der Waals surface area contributed by atoms with Crippen LogP contribution in [-0.4, -0.2) is 39.5 Å². The Morgan fingerprint density at radius 2 is 1.83 bits per heavy atom. The minimum atomic E-state index is -3.45. The van der Waals surface area contributed by atoms with Gasteiger partial charge in [-0.15, -0.1) is 0 Å². The van der Waals surface area contributed by atoms with Crippen molar-refractivity contribution in [2.45, 2.75) is 32.7 Å². The molecule has 2 N–H and O–H groups in total. The molecule has 0 spiro atoms. The number of nitrogens with zero attached hydrogens (tertiary/aromatic N) is 1. The number of halogens is 1. The minimum absolute atomic E-state index is 0.0215. The van der Waals surface area contributed by atoms with Crippen molar-refractivity contribution < 1.29 is 8.42 Å². The van der Waals surface area contributed by atoms with E-state index in [2.05, 4.69) is 21.3 Å². The fraction of sp³-hybridized carbons (Fsp3) is 0.625. The summed E-state index contributed by atoms with van der Waals surface area (Å²) in [5.41, 5.74) is 1.09. The van der Waals surface area contributed by atoms with Gasteiger partial charge in [-0.05, 0) is 49.5 Å². The van der Waals surface area contributed by atoms with Crippen LogP contribution in [0.2, 0.25) is 5.02 Å². The second-order valence-electron chi connectivity index (χ2n) is 6.14. The van der Waals surface area contributed by atoms with Gasteiger partial charge in [0.05, 0.1) is 0 Å². The highest BCUT2D eigenvalue weighted by atomic mass is 35.5. The summed E-state index contributed by atoms with van der Waals surface area (Å²) in [6.45, 7) is 6.73. The summed E-state index contributed by atoms with van der Waals surface area (Å²) in [5, 5.41) is 0.688. The van der Waals surface area contributed by atoms with Gasteiger partial charge >= 0.3 is 0 Å². The van der Waals surface area contributed by atoms with Crippen LogP contribution in [0.1, 0.15) is 38.3 Å². The predicted molar refractivity (Wildman–Crippen MR) is 94.8 cm³/mol. The predicted octanol–water partition coefficient (Wildman–Crippen LogP) is 2.56. The SMILES string of the molecule is CCNS(=O)(=O)NCC(c1ccc(Cl)cc1)N1CCC(C)CC1. The van der Waals surface area contributed by atoms with Gasteiger partial charge in [0.25, 0.3) is 10.2 Å². The molecule has 0 aliphatic carbocycles. The molecule has 23 heavy (non-hydrogen) atoms. The average molecular weight is 360 g/mol. The van der Waals surface area contributed by atoms with Crippen molar-refractivity contribution in [3.63, 3.8) is 0 Å². The monoisotopic (exact) mass is 359 g/mol. The molecule has 1 atom stereocenters. The van der Waals surface area contributed by atoms with Crippen molar-refractivity contribution in [1.82, 2.24) is 14.3 Å². The lowest BCUT2D eigenvalue weighted by Gasteiger charge is -2.37. The molecule has 0 aromatic heterocycles. The van der Waals surface area contributed by atoms with E-state index in [1.54, 1.807) is 6.92 Å². The highest BCUT2D eigenvalue weighted by molar-refractivity contribution is 7.87. The summed E-state index contributed by atoms with van der Waals surface area (Å²) in [6, 6.07) is 7.69. The van der Waals surface area contributed by atoms with Crippen LogP contribution in [-0.2, 0) is 10.2 Å². The molecule has 7 heteroatoms. The third kappa shape index (κ3) is 5.72. The maximum absolute atomic E-state index is 11.9. The van der Waals surface area contributed by atoms with E-state index in [0.717, 1.165) is 37.4 Å². The molecule has 0 radical (unpaired) electrons. The first-order valence-electron chi connectivity index (χ1n) is 8.15. The first-order chi connectivity index (χ1) is 10.9. The van der Waals surface area contributed by atoms with Crippen LogP contribution in [0.4, 0.5) is 0 Å². The molecule has 1 saturated heterocycles. The zero-order valence-electron chi connectivity index (χ0n) is 13.8. The molecular formula is C16H26ClN3O2S. The number of likely N-dealkylation sites (tertiary alicyclic amines) is 1. The Morgan fingerprint density at radius 1 is 1.22 bits per heavy atom. The lowest BCUT2D eigenvalue weighted by molar-refractivity contribution is 0.139. The summed E-state index contributed by atoms with van der Waals surface area (Å²) in [7, 11) is -3.45. The molecule has 1 aliphatic rings. The number of hydrogen-bond acceptors (Lipinski definition) is 3. The van der Waals surface area contributed by atoms with E-state index < -0.39 is 10.2 Å². The van der Waals surface area contributed by atoms with Gasteiger partial charge in [0.15, 0.2) is 0 Å². The Kier molecular flexibility index (Phi) is 6.85. The summed E-state index contributed by atoms with van der Waals surface area (Å²) in [5.74, 6) is 0.732. The number of benzene rings is 1. The van der Waals surface area contributed by atoms with E-state index in [9.17, 15) is 8.42 Å². The molecule has 1 aromatic rings. The summed E-state index contributed by atoms with van der Waals surface area (Å²) < 4.78 is 28.9. The first-order valence-corrected chi connectivity index (χ1v) is 10.0. The quantitative estimate of drug-likeness (QED) is 0.786. The number of rotatable bonds is 7. The lowest BCUT2D eigenvalue weighted by Crippen LogP contribution is -2.44. The Morgan fingerprint density at radius 3 is 2.39 bits per heavy atom. The van der Waals surface area contributed by atoms with Gasteiger partial charge in [-0.2, -0.15) is 8.42 Å². The van der Waals surface area contributed by atoms with Crippen LogP contribution in [0, 0.1) is 5.92 Å². The molecule has 0 amide bonds. The van der Waals surface area contributed by atoms with Crippen molar-refractivity contribution in [3.8, 4) is 0 Å². The van der Waals surface area contributed by atoms with Gasteiger partial charge in [-0.25, -0.2) is 9.44 Å². The van der Waals surface area contributed by atoms with Crippen LogP contribution in [0.3, 0.4) is 0 Å². The standard InChI is InChI=1S/C16H26ClN3O2S/c1-3-18-23(21,22)19-12-16(14-4-6-15(17)7-5-14)20-10-8-13(2)9-11-20/h4-7,13,16,18-19H,3,8-12H2,1-2H3.